The number of pyridine rings is 1. The van der Waals surface area contributed by atoms with E-state index >= 15 is 0 Å². The smallest absolute Gasteiger partial charge is 0.255 e. The minimum Gasteiger partial charge on any atom is -0.339 e. The maximum absolute atomic E-state index is 12.7. The van der Waals surface area contributed by atoms with Crippen molar-refractivity contribution in [2.75, 3.05) is 46.3 Å². The Morgan fingerprint density at radius 1 is 1.04 bits per heavy atom. The lowest BCUT2D eigenvalue weighted by Crippen LogP contribution is -2.47. The van der Waals surface area contributed by atoms with Gasteiger partial charge in [-0.15, -0.1) is 0 Å². The van der Waals surface area contributed by atoms with Gasteiger partial charge in [-0.25, -0.2) is 0 Å². The normalized spacial score (nSPS) is 15.4. The molecule has 1 aliphatic rings. The van der Waals surface area contributed by atoms with Crippen LogP contribution in [0.2, 0.25) is 0 Å². The van der Waals surface area contributed by atoms with Crippen LogP contribution in [0.5, 0.6) is 0 Å². The van der Waals surface area contributed by atoms with Crippen molar-refractivity contribution in [3.8, 4) is 0 Å². The molecule has 2 rings (SSSR count). The SMILES string of the molecule is CCCN(CCC)C(=O)c1cncc(C(=O)N2CCN(C)CC2)c1. The Morgan fingerprint density at radius 2 is 1.62 bits per heavy atom. The van der Waals surface area contributed by atoms with Gasteiger partial charge < -0.3 is 14.7 Å². The zero-order valence-electron chi connectivity index (χ0n) is 15.0. The lowest BCUT2D eigenvalue weighted by Gasteiger charge is -2.32. The summed E-state index contributed by atoms with van der Waals surface area (Å²) in [7, 11) is 2.05. The summed E-state index contributed by atoms with van der Waals surface area (Å²) in [6.07, 6.45) is 4.95. The summed E-state index contributed by atoms with van der Waals surface area (Å²) in [5.74, 6) is -0.0815. The van der Waals surface area contributed by atoms with E-state index in [1.165, 1.54) is 0 Å². The van der Waals surface area contributed by atoms with Crippen molar-refractivity contribution in [1.29, 1.82) is 0 Å². The number of carbonyl (C=O) groups excluding carboxylic acids is 2. The Bertz CT molecular complexity index is 562. The van der Waals surface area contributed by atoms with Crippen LogP contribution in [0, 0.1) is 0 Å². The molecule has 0 radical (unpaired) electrons. The third-order valence-electron chi connectivity index (χ3n) is 4.30. The van der Waals surface area contributed by atoms with Gasteiger partial charge in [0.05, 0.1) is 11.1 Å². The van der Waals surface area contributed by atoms with E-state index < -0.39 is 0 Å². The second kappa shape index (κ2) is 8.78. The fraction of sp³-hybridized carbons (Fsp3) is 0.611. The van der Waals surface area contributed by atoms with Gasteiger partial charge in [0, 0.05) is 51.7 Å². The molecule has 1 saturated heterocycles. The van der Waals surface area contributed by atoms with E-state index in [1.54, 1.807) is 18.5 Å². The van der Waals surface area contributed by atoms with Crippen LogP contribution in [0.25, 0.3) is 0 Å². The van der Waals surface area contributed by atoms with E-state index in [-0.39, 0.29) is 11.8 Å². The van der Waals surface area contributed by atoms with Gasteiger partial charge in [0.1, 0.15) is 0 Å². The van der Waals surface area contributed by atoms with Crippen molar-refractivity contribution in [1.82, 2.24) is 19.7 Å². The molecule has 0 aromatic carbocycles. The van der Waals surface area contributed by atoms with E-state index in [9.17, 15) is 9.59 Å². The lowest BCUT2D eigenvalue weighted by molar-refractivity contribution is 0.0663. The molecule has 1 aromatic rings. The first-order valence-electron chi connectivity index (χ1n) is 8.79. The van der Waals surface area contributed by atoms with Gasteiger partial charge in [-0.3, -0.25) is 14.6 Å². The van der Waals surface area contributed by atoms with Crippen molar-refractivity contribution >= 4 is 11.8 Å². The van der Waals surface area contributed by atoms with Gasteiger partial charge >= 0.3 is 0 Å². The number of hydrogen-bond donors (Lipinski definition) is 0. The molecule has 24 heavy (non-hydrogen) atoms. The summed E-state index contributed by atoms with van der Waals surface area (Å²) in [5.41, 5.74) is 0.996. The van der Waals surface area contributed by atoms with E-state index in [2.05, 4.69) is 30.8 Å². The number of hydrogen-bond acceptors (Lipinski definition) is 4. The summed E-state index contributed by atoms with van der Waals surface area (Å²) in [5, 5.41) is 0. The predicted octanol–water partition coefficient (Wildman–Crippen LogP) is 1.73. The van der Waals surface area contributed by atoms with Gasteiger partial charge in [-0.05, 0) is 26.0 Å². The monoisotopic (exact) mass is 332 g/mol. The second-order valence-corrected chi connectivity index (χ2v) is 6.35. The van der Waals surface area contributed by atoms with Crippen molar-refractivity contribution < 1.29 is 9.59 Å². The molecule has 0 bridgehead atoms. The van der Waals surface area contributed by atoms with E-state index in [4.69, 9.17) is 0 Å². The first-order valence-corrected chi connectivity index (χ1v) is 8.79. The zero-order valence-corrected chi connectivity index (χ0v) is 15.0. The number of rotatable bonds is 6. The molecule has 0 N–H and O–H groups in total. The highest BCUT2D eigenvalue weighted by Crippen LogP contribution is 2.12. The summed E-state index contributed by atoms with van der Waals surface area (Å²) < 4.78 is 0. The molecule has 0 aliphatic carbocycles. The van der Waals surface area contributed by atoms with Crippen LogP contribution in [0.1, 0.15) is 47.4 Å². The number of nitrogens with zero attached hydrogens (tertiary/aromatic N) is 4. The molecule has 0 saturated carbocycles. The lowest BCUT2D eigenvalue weighted by atomic mass is 10.1. The summed E-state index contributed by atoms with van der Waals surface area (Å²) in [4.78, 5) is 35.3. The summed E-state index contributed by atoms with van der Waals surface area (Å²) >= 11 is 0. The summed E-state index contributed by atoms with van der Waals surface area (Å²) in [6, 6.07) is 1.69. The zero-order chi connectivity index (χ0) is 17.5. The van der Waals surface area contributed by atoms with Gasteiger partial charge in [-0.2, -0.15) is 0 Å². The Hall–Kier alpha value is -1.95. The molecule has 0 atom stereocenters. The number of likely N-dealkylation sites (N-methyl/N-ethyl adjacent to an activating group) is 1. The fourth-order valence-corrected chi connectivity index (χ4v) is 2.90. The Morgan fingerprint density at radius 3 is 2.21 bits per heavy atom. The molecular formula is C18H28N4O2. The molecule has 6 heteroatoms. The van der Waals surface area contributed by atoms with Crippen LogP contribution < -0.4 is 0 Å². The van der Waals surface area contributed by atoms with Crippen LogP contribution in [0.15, 0.2) is 18.5 Å². The van der Waals surface area contributed by atoms with Gasteiger partial charge in [0.15, 0.2) is 0 Å². The molecule has 0 spiro atoms. The van der Waals surface area contributed by atoms with Crippen LogP contribution >= 0.6 is 0 Å². The number of carbonyl (C=O) groups is 2. The molecular weight excluding hydrogens is 304 g/mol. The van der Waals surface area contributed by atoms with Crippen LogP contribution in [0.3, 0.4) is 0 Å². The van der Waals surface area contributed by atoms with Crippen molar-refractivity contribution in [2.45, 2.75) is 26.7 Å². The highest BCUT2D eigenvalue weighted by Gasteiger charge is 2.22. The third-order valence-corrected chi connectivity index (χ3v) is 4.30. The maximum atomic E-state index is 12.7. The molecule has 1 fully saturated rings. The Balaban J connectivity index is 2.12. The Kier molecular flexibility index (Phi) is 6.73. The molecule has 132 valence electrons. The van der Waals surface area contributed by atoms with E-state index in [0.717, 1.165) is 39.0 Å². The van der Waals surface area contributed by atoms with Gasteiger partial charge in [0.25, 0.3) is 11.8 Å². The standard InChI is InChI=1S/C18H28N4O2/c1-4-6-21(7-5-2)17(23)15-12-16(14-19-13-15)18(24)22-10-8-20(3)9-11-22/h12-14H,4-11H2,1-3H3. The maximum Gasteiger partial charge on any atom is 0.255 e. The molecule has 2 heterocycles. The first kappa shape index (κ1) is 18.4. The molecule has 1 aromatic heterocycles. The first-order chi connectivity index (χ1) is 11.6. The largest absolute Gasteiger partial charge is 0.339 e. The highest BCUT2D eigenvalue weighted by molar-refractivity contribution is 5.99. The number of aromatic nitrogens is 1. The third kappa shape index (κ3) is 4.54. The molecule has 1 aliphatic heterocycles. The van der Waals surface area contributed by atoms with Crippen LogP contribution in [-0.4, -0.2) is 77.8 Å². The molecule has 2 amide bonds. The van der Waals surface area contributed by atoms with Crippen molar-refractivity contribution in [3.63, 3.8) is 0 Å². The van der Waals surface area contributed by atoms with Gasteiger partial charge in [-0.1, -0.05) is 13.8 Å². The fourth-order valence-electron chi connectivity index (χ4n) is 2.90. The minimum absolute atomic E-state index is 0.0391. The molecule has 6 nitrogen and oxygen atoms in total. The minimum atomic E-state index is -0.0424. The van der Waals surface area contributed by atoms with Crippen molar-refractivity contribution in [2.24, 2.45) is 0 Å². The van der Waals surface area contributed by atoms with Crippen LogP contribution in [0.4, 0.5) is 0 Å². The topological polar surface area (TPSA) is 56.8 Å². The van der Waals surface area contributed by atoms with E-state index in [1.807, 2.05) is 9.80 Å². The quantitative estimate of drug-likeness (QED) is 0.796. The van der Waals surface area contributed by atoms with Crippen molar-refractivity contribution in [3.05, 3.63) is 29.6 Å². The number of piperazine rings is 1. The van der Waals surface area contributed by atoms with Gasteiger partial charge in [0.2, 0.25) is 0 Å². The molecule has 0 unspecified atom stereocenters. The second-order valence-electron chi connectivity index (χ2n) is 6.35. The average Bonchev–Trinajstić information content (AvgIpc) is 2.61. The van der Waals surface area contributed by atoms with E-state index in [0.29, 0.717) is 24.2 Å². The predicted molar refractivity (Wildman–Crippen MR) is 94.1 cm³/mol. The Labute approximate surface area is 144 Å². The highest BCUT2D eigenvalue weighted by atomic mass is 16.2. The number of amides is 2. The van der Waals surface area contributed by atoms with Crippen LogP contribution in [-0.2, 0) is 0 Å². The average molecular weight is 332 g/mol. The summed E-state index contributed by atoms with van der Waals surface area (Å²) in [6.45, 7) is 8.74.